The Morgan fingerprint density at radius 1 is 1.19 bits per heavy atom. The predicted molar refractivity (Wildman–Crippen MR) is 92.4 cm³/mol. The van der Waals surface area contributed by atoms with Crippen molar-refractivity contribution in [1.82, 2.24) is 5.32 Å². The molecule has 0 heterocycles. The maximum absolute atomic E-state index is 6.16. The van der Waals surface area contributed by atoms with Crippen LogP contribution in [0, 0.1) is 0 Å². The van der Waals surface area contributed by atoms with Crippen LogP contribution in [0.1, 0.15) is 24.1 Å². The fraction of sp³-hybridized carbons (Fsp3) is 0.250. The predicted octanol–water partition coefficient (Wildman–Crippen LogP) is 5.62. The van der Waals surface area contributed by atoms with Gasteiger partial charge in [0, 0.05) is 31.7 Å². The van der Waals surface area contributed by atoms with Gasteiger partial charge in [-0.25, -0.2) is 0 Å². The largest absolute Gasteiger partial charge is 0.488 e. The Hall–Kier alpha value is -0.740. The highest BCUT2D eigenvalue weighted by Crippen LogP contribution is 2.30. The van der Waals surface area contributed by atoms with Crippen LogP contribution in [0.5, 0.6) is 5.75 Å². The molecule has 2 aromatic carbocycles. The van der Waals surface area contributed by atoms with Crippen LogP contribution in [0.3, 0.4) is 0 Å². The van der Waals surface area contributed by atoms with Gasteiger partial charge in [0.15, 0.2) is 0 Å². The van der Waals surface area contributed by atoms with E-state index in [0.29, 0.717) is 16.7 Å². The van der Waals surface area contributed by atoms with Gasteiger partial charge in [-0.3, -0.25) is 0 Å². The lowest BCUT2D eigenvalue weighted by molar-refractivity contribution is 0.300. The second-order valence-corrected chi connectivity index (χ2v) is 6.48. The molecular weight excluding hydrogens is 373 g/mol. The van der Waals surface area contributed by atoms with Crippen molar-refractivity contribution in [1.29, 1.82) is 0 Å². The van der Waals surface area contributed by atoms with E-state index in [4.69, 9.17) is 27.9 Å². The molecule has 5 heteroatoms. The SMILES string of the molecule is CNC(C)c1ccc(Br)cc1OCc1cc(Cl)ccc1Cl. The van der Waals surface area contributed by atoms with Gasteiger partial charge in [0.25, 0.3) is 0 Å². The summed E-state index contributed by atoms with van der Waals surface area (Å²) in [4.78, 5) is 0. The van der Waals surface area contributed by atoms with Crippen LogP contribution < -0.4 is 10.1 Å². The van der Waals surface area contributed by atoms with E-state index in [9.17, 15) is 0 Å². The molecule has 0 aromatic heterocycles. The van der Waals surface area contributed by atoms with E-state index in [-0.39, 0.29) is 6.04 Å². The van der Waals surface area contributed by atoms with E-state index in [0.717, 1.165) is 21.3 Å². The first-order valence-electron chi connectivity index (χ1n) is 6.54. The number of benzene rings is 2. The van der Waals surface area contributed by atoms with Crippen molar-refractivity contribution in [2.75, 3.05) is 7.05 Å². The number of ether oxygens (including phenoxy) is 1. The normalized spacial score (nSPS) is 12.2. The quantitative estimate of drug-likeness (QED) is 0.718. The highest BCUT2D eigenvalue weighted by atomic mass is 79.9. The van der Waals surface area contributed by atoms with E-state index < -0.39 is 0 Å². The minimum Gasteiger partial charge on any atom is -0.488 e. The van der Waals surface area contributed by atoms with Crippen molar-refractivity contribution in [2.24, 2.45) is 0 Å². The summed E-state index contributed by atoms with van der Waals surface area (Å²) in [7, 11) is 1.92. The molecule has 0 aliphatic carbocycles. The van der Waals surface area contributed by atoms with Crippen molar-refractivity contribution < 1.29 is 4.74 Å². The van der Waals surface area contributed by atoms with Gasteiger partial charge in [-0.15, -0.1) is 0 Å². The van der Waals surface area contributed by atoms with E-state index >= 15 is 0 Å². The Labute approximate surface area is 143 Å². The van der Waals surface area contributed by atoms with Gasteiger partial charge < -0.3 is 10.1 Å². The van der Waals surface area contributed by atoms with Crippen molar-refractivity contribution in [2.45, 2.75) is 19.6 Å². The zero-order chi connectivity index (χ0) is 15.4. The van der Waals surface area contributed by atoms with Crippen LogP contribution in [0.2, 0.25) is 10.0 Å². The standard InChI is InChI=1S/C16H16BrCl2NO/c1-10(20-2)14-5-3-12(17)8-16(14)21-9-11-7-13(18)4-6-15(11)19/h3-8,10,20H,9H2,1-2H3. The summed E-state index contributed by atoms with van der Waals surface area (Å²) in [5.74, 6) is 0.822. The summed E-state index contributed by atoms with van der Waals surface area (Å²) in [6, 6.07) is 11.6. The van der Waals surface area contributed by atoms with Crippen LogP contribution in [0.25, 0.3) is 0 Å². The van der Waals surface area contributed by atoms with Gasteiger partial charge in [0.1, 0.15) is 12.4 Å². The minimum absolute atomic E-state index is 0.197. The molecule has 21 heavy (non-hydrogen) atoms. The Morgan fingerprint density at radius 3 is 2.67 bits per heavy atom. The molecule has 1 N–H and O–H groups in total. The summed E-state index contributed by atoms with van der Waals surface area (Å²) < 4.78 is 6.92. The molecule has 0 amide bonds. The van der Waals surface area contributed by atoms with Crippen LogP contribution in [-0.2, 0) is 6.61 Å². The molecule has 1 atom stereocenters. The lowest BCUT2D eigenvalue weighted by atomic mass is 10.1. The summed E-state index contributed by atoms with van der Waals surface area (Å²) in [6.07, 6.45) is 0. The van der Waals surface area contributed by atoms with Crippen LogP contribution in [-0.4, -0.2) is 7.05 Å². The summed E-state index contributed by atoms with van der Waals surface area (Å²) >= 11 is 15.6. The van der Waals surface area contributed by atoms with Gasteiger partial charge in [-0.2, -0.15) is 0 Å². The van der Waals surface area contributed by atoms with Gasteiger partial charge in [-0.05, 0) is 44.3 Å². The molecule has 0 spiro atoms. The smallest absolute Gasteiger partial charge is 0.125 e. The lowest BCUT2D eigenvalue weighted by Gasteiger charge is -2.17. The Balaban J connectivity index is 2.23. The molecule has 0 bridgehead atoms. The van der Waals surface area contributed by atoms with E-state index in [1.807, 2.05) is 31.3 Å². The number of rotatable bonds is 5. The first-order valence-corrected chi connectivity index (χ1v) is 8.09. The third-order valence-corrected chi connectivity index (χ3v) is 4.36. The maximum atomic E-state index is 6.16. The molecule has 2 nitrogen and oxygen atoms in total. The van der Waals surface area contributed by atoms with E-state index in [1.54, 1.807) is 12.1 Å². The molecule has 0 saturated carbocycles. The monoisotopic (exact) mass is 387 g/mol. The number of hydrogen-bond acceptors (Lipinski definition) is 2. The Kier molecular flexibility index (Phi) is 5.94. The van der Waals surface area contributed by atoms with Gasteiger partial charge in [0.2, 0.25) is 0 Å². The summed E-state index contributed by atoms with van der Waals surface area (Å²) in [6.45, 7) is 2.46. The number of halogens is 3. The van der Waals surface area contributed by atoms with Gasteiger partial charge in [-0.1, -0.05) is 45.2 Å². The average Bonchev–Trinajstić information content (AvgIpc) is 2.47. The summed E-state index contributed by atoms with van der Waals surface area (Å²) in [5.41, 5.74) is 1.96. The molecule has 0 fully saturated rings. The molecule has 2 rings (SSSR count). The fourth-order valence-electron chi connectivity index (χ4n) is 1.96. The first kappa shape index (κ1) is 16.6. The molecule has 1 unspecified atom stereocenters. The minimum atomic E-state index is 0.197. The zero-order valence-corrected chi connectivity index (χ0v) is 14.9. The van der Waals surface area contributed by atoms with Crippen LogP contribution in [0.4, 0.5) is 0 Å². The van der Waals surface area contributed by atoms with E-state index in [1.165, 1.54) is 0 Å². The highest BCUT2D eigenvalue weighted by molar-refractivity contribution is 9.10. The van der Waals surface area contributed by atoms with Crippen molar-refractivity contribution >= 4 is 39.1 Å². The maximum Gasteiger partial charge on any atom is 0.125 e. The molecule has 0 aliphatic heterocycles. The highest BCUT2D eigenvalue weighted by Gasteiger charge is 2.11. The Bertz CT molecular complexity index is 634. The third-order valence-electron chi connectivity index (χ3n) is 3.27. The number of hydrogen-bond donors (Lipinski definition) is 1. The molecule has 112 valence electrons. The molecule has 0 radical (unpaired) electrons. The molecule has 0 saturated heterocycles. The van der Waals surface area contributed by atoms with Crippen molar-refractivity contribution in [3.8, 4) is 5.75 Å². The molecular formula is C16H16BrCl2NO. The fourth-order valence-corrected chi connectivity index (χ4v) is 2.66. The van der Waals surface area contributed by atoms with Gasteiger partial charge in [0.05, 0.1) is 0 Å². The summed E-state index contributed by atoms with van der Waals surface area (Å²) in [5, 5.41) is 4.52. The van der Waals surface area contributed by atoms with E-state index in [2.05, 4.69) is 28.2 Å². The van der Waals surface area contributed by atoms with Gasteiger partial charge >= 0.3 is 0 Å². The van der Waals surface area contributed by atoms with Crippen LogP contribution in [0.15, 0.2) is 40.9 Å². The number of nitrogens with one attached hydrogen (secondary N) is 1. The molecule has 2 aromatic rings. The van der Waals surface area contributed by atoms with Crippen molar-refractivity contribution in [3.05, 3.63) is 62.0 Å². The second-order valence-electron chi connectivity index (χ2n) is 4.72. The van der Waals surface area contributed by atoms with Crippen molar-refractivity contribution in [3.63, 3.8) is 0 Å². The topological polar surface area (TPSA) is 21.3 Å². The third kappa shape index (κ3) is 4.36. The lowest BCUT2D eigenvalue weighted by Crippen LogP contribution is -2.13. The Morgan fingerprint density at radius 2 is 1.95 bits per heavy atom. The zero-order valence-electron chi connectivity index (χ0n) is 11.8. The average molecular weight is 389 g/mol. The second kappa shape index (κ2) is 7.50. The molecule has 0 aliphatic rings. The first-order chi connectivity index (χ1) is 10.0. The van der Waals surface area contributed by atoms with Crippen LogP contribution >= 0.6 is 39.1 Å².